The number of rotatable bonds is 23. The average molecular weight is 2000 g/mol. The van der Waals surface area contributed by atoms with Crippen molar-refractivity contribution >= 4 is 110 Å². The van der Waals surface area contributed by atoms with Crippen LogP contribution in [-0.2, 0) is 59.5 Å². The van der Waals surface area contributed by atoms with Crippen molar-refractivity contribution < 1.29 is 91.6 Å². The molecule has 0 unspecified atom stereocenters. The van der Waals surface area contributed by atoms with Gasteiger partial charge in [0.2, 0.25) is 0 Å². The summed E-state index contributed by atoms with van der Waals surface area (Å²) in [6.45, 7) is 2.27. The Labute approximate surface area is 763 Å². The van der Waals surface area contributed by atoms with Gasteiger partial charge in [0.05, 0.1) is 109 Å². The van der Waals surface area contributed by atoms with Gasteiger partial charge in [-0.25, -0.2) is 33.9 Å². The molecule has 0 bridgehead atoms. The van der Waals surface area contributed by atoms with Crippen LogP contribution in [0.1, 0.15) is 79.5 Å². The summed E-state index contributed by atoms with van der Waals surface area (Å²) in [4.78, 5) is 39.0. The molecule has 3 aliphatic rings. The summed E-state index contributed by atoms with van der Waals surface area (Å²) in [5, 5.41) is 24.7. The SMILES string of the molecule is CC1C[CH-]C1.COc1cc(C2CC(C(F)(F)F)C2)ccc1-n1c(=O)ccc2cc(S(=O)(=O)Nc3cccnn3)ccc21.COc1ccc(CN(c2cccnn2)S(=O)(=O)c2ccc3c(ccc(=O)n3-c3ccc(Br)cc3OC)c2)cc1.COc1ccc(CN(c2cccnn2)S(=O)(=O)c2ccc3c(ccc(=O)n3-c3ccc(C4CC(C(F)(F)F)C4)cc3OC)c2)cc1.[Zn+][Br]. The summed E-state index contributed by atoms with van der Waals surface area (Å²) in [5.74, 6) is 0.654. The molecule has 3 aliphatic carbocycles. The third kappa shape index (κ3) is 21.6. The normalized spacial score (nSPS) is 15.5. The quantitative estimate of drug-likeness (QED) is 0.0353. The molecule has 1 N–H and O–H groups in total. The van der Waals surface area contributed by atoms with Crippen LogP contribution in [0.3, 0.4) is 0 Å². The number of aromatic nitrogens is 9. The Morgan fingerprint density at radius 1 is 0.442 bits per heavy atom. The van der Waals surface area contributed by atoms with Crippen LogP contribution in [0.15, 0.2) is 283 Å². The number of hydrogen-bond acceptors (Lipinski definition) is 20. The maximum absolute atomic E-state index is 14.1. The molecule has 0 spiro atoms. The van der Waals surface area contributed by atoms with E-state index in [0.717, 1.165) is 20.3 Å². The van der Waals surface area contributed by atoms with Gasteiger partial charge in [0.15, 0.2) is 17.5 Å². The number of anilines is 3. The first-order chi connectivity index (χ1) is 61.8. The molecule has 6 aromatic heterocycles. The van der Waals surface area contributed by atoms with E-state index in [0.29, 0.717) is 95.2 Å². The molecule has 666 valence electrons. The number of hydrogen-bond donors (Lipinski definition) is 1. The Morgan fingerprint density at radius 2 is 0.798 bits per heavy atom. The first-order valence-electron chi connectivity index (χ1n) is 39.8. The number of ether oxygens (including phenoxy) is 5. The van der Waals surface area contributed by atoms with Crippen LogP contribution >= 0.6 is 29.6 Å². The fraction of sp³-hybridized carbons (Fsp3) is 0.231. The summed E-state index contributed by atoms with van der Waals surface area (Å²) >= 11 is 7.67. The number of pyridine rings is 3. The number of nitrogens with zero attached hydrogens (tertiary/aromatic N) is 11. The van der Waals surface area contributed by atoms with Crippen LogP contribution < -0.4 is 53.7 Å². The van der Waals surface area contributed by atoms with E-state index in [2.05, 4.69) is 78.2 Å². The van der Waals surface area contributed by atoms with E-state index in [9.17, 15) is 66.0 Å². The Balaban J connectivity index is 0.000000160. The zero-order valence-corrected chi connectivity index (χ0v) is 78.5. The third-order valence-electron chi connectivity index (χ3n) is 22.0. The van der Waals surface area contributed by atoms with Crippen LogP contribution in [0, 0.1) is 24.2 Å². The number of fused-ring (bicyclic) bond motifs is 3. The van der Waals surface area contributed by atoms with E-state index in [1.165, 1.54) is 160 Å². The monoisotopic (exact) mass is 2000 g/mol. The molecular formula is C91H82Br2F6N12O14S3Zn. The first kappa shape index (κ1) is 94.6. The Morgan fingerprint density at radius 3 is 1.13 bits per heavy atom. The van der Waals surface area contributed by atoms with Crippen LogP contribution in [0.4, 0.5) is 43.8 Å². The van der Waals surface area contributed by atoms with Crippen molar-refractivity contribution in [2.45, 2.75) is 97.4 Å². The van der Waals surface area contributed by atoms with Crippen LogP contribution in [0.25, 0.3) is 49.8 Å². The molecule has 3 saturated carbocycles. The molecule has 38 heteroatoms. The third-order valence-corrected chi connectivity index (χ3v) is 27.4. The summed E-state index contributed by atoms with van der Waals surface area (Å²) in [5.41, 5.74) is 4.46. The molecule has 6 heterocycles. The second kappa shape index (κ2) is 40.8. The molecule has 14 aromatic rings. The van der Waals surface area contributed by atoms with Gasteiger partial charge in [0.25, 0.3) is 46.7 Å². The fourth-order valence-corrected chi connectivity index (χ4v) is 19.1. The molecular weight excluding hydrogens is 1920 g/mol. The Bertz CT molecular complexity index is 6920. The van der Waals surface area contributed by atoms with E-state index in [-0.39, 0.29) is 93.9 Å². The first-order valence-corrected chi connectivity index (χ1v) is 51.9. The summed E-state index contributed by atoms with van der Waals surface area (Å²) in [6, 6.07) is 60.9. The van der Waals surface area contributed by atoms with E-state index in [1.54, 1.807) is 172 Å². The molecule has 17 rings (SSSR count). The van der Waals surface area contributed by atoms with Crippen molar-refractivity contribution in [1.82, 2.24) is 44.3 Å². The van der Waals surface area contributed by atoms with E-state index in [4.69, 9.17) is 23.7 Å². The molecule has 129 heavy (non-hydrogen) atoms. The van der Waals surface area contributed by atoms with E-state index in [1.807, 2.05) is 0 Å². The topological polar surface area (TPSA) is 310 Å². The molecule has 26 nitrogen and oxygen atoms in total. The fourth-order valence-electron chi connectivity index (χ4n) is 14.9. The molecule has 0 aliphatic heterocycles. The number of benzene rings is 8. The number of sulfonamides is 3. The minimum atomic E-state index is -4.22. The van der Waals surface area contributed by atoms with Gasteiger partial charge in [0, 0.05) is 57.4 Å². The Hall–Kier alpha value is -12.0. The average Bonchev–Trinajstić information content (AvgIpc) is 0.756. The van der Waals surface area contributed by atoms with Crippen molar-refractivity contribution in [2.75, 3.05) is 48.9 Å². The van der Waals surface area contributed by atoms with Gasteiger partial charge in [-0.2, -0.15) is 54.5 Å². The number of alkyl halides is 6. The van der Waals surface area contributed by atoms with Crippen molar-refractivity contribution in [2.24, 2.45) is 17.8 Å². The van der Waals surface area contributed by atoms with Gasteiger partial charge in [-0.05, 0) is 236 Å². The zero-order chi connectivity index (χ0) is 92.3. The molecule has 0 saturated heterocycles. The van der Waals surface area contributed by atoms with E-state index >= 15 is 0 Å². The standard InChI is InChI=1S/C33H29F3N4O5S.C28H23BrN4O5S.C25H21F3N4O4S.C5H9.BrH.Zn/c1-44-26-9-5-21(6-10-26)20-39(31-4-3-15-37-38-31)46(42,43)27-11-13-28-23(18-27)8-14-32(41)40(28)29-12-7-22(19-30(29)45-2)24-16-25(17-24)33(34,35)36;1-37-22-9-5-19(6-10-22)18-32(27-4-3-15-30-31-27)39(35,36)23-11-13-24-20(16-23)7-14-28(34)33(24)25-12-8-21(29)17-26(25)38-2;1-36-22-14-15(17-11-18(12-17)25(26,27)28)4-7-21(22)32-20-8-6-19(13-16(20)5-9-24(32)33)37(34,35)31-23-3-2-10-29-30-23;1-5-3-2-4-5;;/h3-15,18-19,24-25H,16-17,20H2,1-2H3;3-17H,18H2,1-2H3;2-10,13-14,17-18H,11-12H2,1H3,(H,30,31);2,5H,3-4H2,1H3;1H;/q;;;-1;;+2/p-1. The number of methoxy groups -OCH3 is 5. The summed E-state index contributed by atoms with van der Waals surface area (Å²) < 4.78 is 197. The second-order valence-electron chi connectivity index (χ2n) is 30.1. The van der Waals surface area contributed by atoms with Crippen molar-refractivity contribution in [3.63, 3.8) is 0 Å². The predicted octanol–water partition coefficient (Wildman–Crippen LogP) is 18.3. The van der Waals surface area contributed by atoms with Gasteiger partial charge in [-0.1, -0.05) is 65.2 Å². The molecule has 8 aromatic carbocycles. The van der Waals surface area contributed by atoms with Crippen molar-refractivity contribution in [1.29, 1.82) is 0 Å². The van der Waals surface area contributed by atoms with Crippen LogP contribution in [0.2, 0.25) is 0 Å². The van der Waals surface area contributed by atoms with Gasteiger partial charge in [-0.3, -0.25) is 32.8 Å². The van der Waals surface area contributed by atoms with Gasteiger partial charge in [0.1, 0.15) is 28.7 Å². The van der Waals surface area contributed by atoms with Gasteiger partial charge >= 0.3 is 42.3 Å². The van der Waals surface area contributed by atoms with Gasteiger partial charge in [-0.15, -0.1) is 15.3 Å². The zero-order valence-electron chi connectivity index (χ0n) is 69.9. The Kier molecular flexibility index (Phi) is 29.9. The summed E-state index contributed by atoms with van der Waals surface area (Å²) in [7, 11) is -4.77. The summed E-state index contributed by atoms with van der Waals surface area (Å²) in [6.07, 6.45) is 1.00. The predicted molar refractivity (Wildman–Crippen MR) is 480 cm³/mol. The second-order valence-corrected chi connectivity index (χ2v) is 36.5. The minimum absolute atomic E-state index is 0.00150. The van der Waals surface area contributed by atoms with E-state index < -0.39 is 59.8 Å². The molecule has 0 radical (unpaired) electrons. The number of halogens is 8. The van der Waals surface area contributed by atoms with Crippen LogP contribution in [0.5, 0.6) is 28.7 Å². The maximum atomic E-state index is 14.1. The van der Waals surface area contributed by atoms with Crippen molar-refractivity contribution in [3.05, 3.63) is 313 Å². The van der Waals surface area contributed by atoms with Crippen molar-refractivity contribution in [3.8, 4) is 45.8 Å². The van der Waals surface area contributed by atoms with Gasteiger partial charge < -0.3 is 30.1 Å². The molecule has 3 fully saturated rings. The molecule has 0 atom stereocenters. The van der Waals surface area contributed by atoms with Crippen LogP contribution in [-0.4, -0.2) is 117 Å². The molecule has 0 amide bonds. The number of nitrogens with one attached hydrogen (secondary N) is 1.